The molecule has 0 saturated carbocycles. The Labute approximate surface area is 148 Å². The number of benzene rings is 3. The van der Waals surface area contributed by atoms with Gasteiger partial charge in [0.25, 0.3) is 0 Å². The van der Waals surface area contributed by atoms with Gasteiger partial charge in [-0.05, 0) is 46.9 Å². The molecule has 1 unspecified atom stereocenters. The topological polar surface area (TPSA) is 27.7 Å². The molecule has 0 aliphatic heterocycles. The zero-order valence-electron chi connectivity index (χ0n) is 14.8. The number of hydrogen-bond acceptors (Lipinski definition) is 3. The highest BCUT2D eigenvalue weighted by molar-refractivity contribution is 6.03. The SMILES string of the molecule is COc1ccc2c(-c3ccccc3)cc(OC)c3c2c1CCC3OC. The second-order valence-corrected chi connectivity index (χ2v) is 6.34. The molecule has 3 heteroatoms. The third-order valence-corrected chi connectivity index (χ3v) is 5.16. The van der Waals surface area contributed by atoms with Gasteiger partial charge in [0.1, 0.15) is 11.5 Å². The summed E-state index contributed by atoms with van der Waals surface area (Å²) in [6.45, 7) is 0. The standard InChI is InChI=1S/C22H22O3/c1-23-18-11-9-15-17(14-7-5-4-6-8-14)13-20(25-3)22-19(24-2)12-10-16(18)21(15)22/h4-9,11,13,19H,10,12H2,1-3H3. The maximum atomic E-state index is 5.78. The van der Waals surface area contributed by atoms with Crippen molar-refractivity contribution in [1.29, 1.82) is 0 Å². The molecule has 4 rings (SSSR count). The number of methoxy groups -OCH3 is 3. The lowest BCUT2D eigenvalue weighted by atomic mass is 9.82. The van der Waals surface area contributed by atoms with Crippen LogP contribution < -0.4 is 9.47 Å². The molecule has 0 aromatic heterocycles. The zero-order chi connectivity index (χ0) is 17.4. The Morgan fingerprint density at radius 3 is 2.32 bits per heavy atom. The van der Waals surface area contributed by atoms with E-state index in [1.165, 1.54) is 27.5 Å². The highest BCUT2D eigenvalue weighted by atomic mass is 16.5. The predicted octanol–water partition coefficient (Wildman–Crippen LogP) is 5.16. The van der Waals surface area contributed by atoms with Crippen LogP contribution in [-0.4, -0.2) is 21.3 Å². The van der Waals surface area contributed by atoms with E-state index in [9.17, 15) is 0 Å². The van der Waals surface area contributed by atoms with Gasteiger partial charge < -0.3 is 14.2 Å². The van der Waals surface area contributed by atoms with Crippen molar-refractivity contribution in [1.82, 2.24) is 0 Å². The molecule has 1 aliphatic rings. The molecule has 3 aromatic carbocycles. The highest BCUT2D eigenvalue weighted by Crippen LogP contribution is 2.48. The molecule has 1 aliphatic carbocycles. The van der Waals surface area contributed by atoms with Gasteiger partial charge in [-0.1, -0.05) is 36.4 Å². The molecule has 0 saturated heterocycles. The average Bonchev–Trinajstić information content (AvgIpc) is 2.69. The maximum Gasteiger partial charge on any atom is 0.125 e. The first-order chi connectivity index (χ1) is 12.3. The van der Waals surface area contributed by atoms with Gasteiger partial charge in [-0.25, -0.2) is 0 Å². The zero-order valence-corrected chi connectivity index (χ0v) is 14.8. The highest BCUT2D eigenvalue weighted by Gasteiger charge is 2.29. The molecule has 0 bridgehead atoms. The van der Waals surface area contributed by atoms with Crippen molar-refractivity contribution >= 4 is 10.8 Å². The van der Waals surface area contributed by atoms with Crippen LogP contribution in [-0.2, 0) is 11.2 Å². The quantitative estimate of drug-likeness (QED) is 0.660. The lowest BCUT2D eigenvalue weighted by Gasteiger charge is -2.29. The van der Waals surface area contributed by atoms with Crippen LogP contribution in [0.1, 0.15) is 23.7 Å². The van der Waals surface area contributed by atoms with Crippen molar-refractivity contribution in [3.8, 4) is 22.6 Å². The van der Waals surface area contributed by atoms with Crippen molar-refractivity contribution < 1.29 is 14.2 Å². The van der Waals surface area contributed by atoms with Crippen LogP contribution in [0.25, 0.3) is 21.9 Å². The summed E-state index contributed by atoms with van der Waals surface area (Å²) < 4.78 is 17.2. The third kappa shape index (κ3) is 2.47. The fraction of sp³-hybridized carbons (Fsp3) is 0.273. The lowest BCUT2D eigenvalue weighted by molar-refractivity contribution is 0.0926. The maximum absolute atomic E-state index is 5.78. The van der Waals surface area contributed by atoms with E-state index in [2.05, 4.69) is 42.5 Å². The van der Waals surface area contributed by atoms with E-state index in [1.54, 1.807) is 21.3 Å². The first-order valence-electron chi connectivity index (χ1n) is 8.57. The van der Waals surface area contributed by atoms with Gasteiger partial charge in [0.2, 0.25) is 0 Å². The molecular weight excluding hydrogens is 312 g/mol. The second-order valence-electron chi connectivity index (χ2n) is 6.34. The summed E-state index contributed by atoms with van der Waals surface area (Å²) in [5.41, 5.74) is 4.75. The fourth-order valence-corrected chi connectivity index (χ4v) is 4.01. The van der Waals surface area contributed by atoms with Crippen LogP contribution in [0.5, 0.6) is 11.5 Å². The molecular formula is C22H22O3. The monoisotopic (exact) mass is 334 g/mol. The van der Waals surface area contributed by atoms with E-state index in [0.717, 1.165) is 29.9 Å². The van der Waals surface area contributed by atoms with Crippen LogP contribution in [0.15, 0.2) is 48.5 Å². The molecule has 1 atom stereocenters. The van der Waals surface area contributed by atoms with E-state index >= 15 is 0 Å². The summed E-state index contributed by atoms with van der Waals surface area (Å²) >= 11 is 0. The minimum Gasteiger partial charge on any atom is -0.496 e. The summed E-state index contributed by atoms with van der Waals surface area (Å²) in [4.78, 5) is 0. The first kappa shape index (κ1) is 16.0. The molecule has 3 nitrogen and oxygen atoms in total. The van der Waals surface area contributed by atoms with Gasteiger partial charge in [-0.2, -0.15) is 0 Å². The molecule has 25 heavy (non-hydrogen) atoms. The Morgan fingerprint density at radius 2 is 1.64 bits per heavy atom. The number of rotatable bonds is 4. The second kappa shape index (κ2) is 6.41. The van der Waals surface area contributed by atoms with E-state index in [4.69, 9.17) is 14.2 Å². The summed E-state index contributed by atoms with van der Waals surface area (Å²) in [5.74, 6) is 1.82. The molecule has 0 amide bonds. The molecule has 0 radical (unpaired) electrons. The minimum absolute atomic E-state index is 0.0434. The van der Waals surface area contributed by atoms with E-state index in [1.807, 2.05) is 6.07 Å². The van der Waals surface area contributed by atoms with Crippen LogP contribution in [0.2, 0.25) is 0 Å². The fourth-order valence-electron chi connectivity index (χ4n) is 4.01. The van der Waals surface area contributed by atoms with E-state index in [0.29, 0.717) is 0 Å². The smallest absolute Gasteiger partial charge is 0.125 e. The first-order valence-corrected chi connectivity index (χ1v) is 8.57. The normalized spacial score (nSPS) is 16.0. The molecule has 3 aromatic rings. The Morgan fingerprint density at radius 1 is 0.880 bits per heavy atom. The molecule has 128 valence electrons. The van der Waals surface area contributed by atoms with Gasteiger partial charge in [0.15, 0.2) is 0 Å². The largest absolute Gasteiger partial charge is 0.496 e. The van der Waals surface area contributed by atoms with Crippen molar-refractivity contribution in [3.63, 3.8) is 0 Å². The van der Waals surface area contributed by atoms with Crippen LogP contribution in [0.4, 0.5) is 0 Å². The Kier molecular flexibility index (Phi) is 4.10. The van der Waals surface area contributed by atoms with Gasteiger partial charge >= 0.3 is 0 Å². The van der Waals surface area contributed by atoms with Crippen LogP contribution in [0, 0.1) is 0 Å². The lowest BCUT2D eigenvalue weighted by Crippen LogP contribution is -2.13. The number of aryl methyl sites for hydroxylation is 1. The number of ether oxygens (including phenoxy) is 3. The molecule has 0 spiro atoms. The molecule has 0 heterocycles. The van der Waals surface area contributed by atoms with Crippen molar-refractivity contribution in [2.45, 2.75) is 18.9 Å². The molecule has 0 N–H and O–H groups in total. The van der Waals surface area contributed by atoms with Crippen molar-refractivity contribution in [3.05, 3.63) is 59.7 Å². The van der Waals surface area contributed by atoms with Crippen molar-refractivity contribution in [2.75, 3.05) is 21.3 Å². The van der Waals surface area contributed by atoms with Gasteiger partial charge in [-0.3, -0.25) is 0 Å². The summed E-state index contributed by atoms with van der Waals surface area (Å²) in [5, 5.41) is 2.44. The summed E-state index contributed by atoms with van der Waals surface area (Å²) in [6, 6.07) is 16.8. The average molecular weight is 334 g/mol. The summed E-state index contributed by atoms with van der Waals surface area (Å²) in [7, 11) is 5.23. The van der Waals surface area contributed by atoms with E-state index in [-0.39, 0.29) is 6.10 Å². The van der Waals surface area contributed by atoms with Crippen LogP contribution in [0.3, 0.4) is 0 Å². The molecule has 0 fully saturated rings. The van der Waals surface area contributed by atoms with Crippen molar-refractivity contribution in [2.24, 2.45) is 0 Å². The van der Waals surface area contributed by atoms with Crippen LogP contribution >= 0.6 is 0 Å². The number of hydrogen-bond donors (Lipinski definition) is 0. The Bertz CT molecular complexity index is 916. The predicted molar refractivity (Wildman–Crippen MR) is 101 cm³/mol. The Hall–Kier alpha value is -2.52. The Balaban J connectivity index is 2.13. The van der Waals surface area contributed by atoms with Gasteiger partial charge in [0, 0.05) is 18.2 Å². The third-order valence-electron chi connectivity index (χ3n) is 5.16. The minimum atomic E-state index is 0.0434. The van der Waals surface area contributed by atoms with Gasteiger partial charge in [-0.15, -0.1) is 0 Å². The summed E-state index contributed by atoms with van der Waals surface area (Å²) in [6.07, 6.45) is 1.91. The van der Waals surface area contributed by atoms with E-state index < -0.39 is 0 Å². The van der Waals surface area contributed by atoms with Gasteiger partial charge in [0.05, 0.1) is 20.3 Å².